The second kappa shape index (κ2) is 5.56. The molecule has 0 aliphatic carbocycles. The van der Waals surface area contributed by atoms with Gasteiger partial charge >= 0.3 is 0 Å². The highest BCUT2D eigenvalue weighted by Gasteiger charge is 2.27. The first-order chi connectivity index (χ1) is 9.34. The molecule has 2 N–H and O–H groups in total. The Morgan fingerprint density at radius 3 is 2.65 bits per heavy atom. The van der Waals surface area contributed by atoms with Crippen LogP contribution in [0, 0.1) is 6.92 Å². The lowest BCUT2D eigenvalue weighted by Crippen LogP contribution is -2.46. The van der Waals surface area contributed by atoms with Gasteiger partial charge in [0, 0.05) is 17.5 Å². The van der Waals surface area contributed by atoms with Crippen molar-refractivity contribution in [2.45, 2.75) is 52.5 Å². The van der Waals surface area contributed by atoms with Gasteiger partial charge in [-0.1, -0.05) is 27.7 Å². The van der Waals surface area contributed by atoms with E-state index in [1.54, 1.807) is 0 Å². The molecule has 0 bridgehead atoms. The van der Waals surface area contributed by atoms with E-state index >= 15 is 0 Å². The van der Waals surface area contributed by atoms with Crippen LogP contribution in [0.3, 0.4) is 0 Å². The van der Waals surface area contributed by atoms with Crippen molar-refractivity contribution in [2.24, 2.45) is 0 Å². The van der Waals surface area contributed by atoms with E-state index in [0.717, 1.165) is 43.4 Å². The molecule has 1 fully saturated rings. The van der Waals surface area contributed by atoms with Gasteiger partial charge < -0.3 is 15.4 Å². The molecule has 1 aliphatic heterocycles. The van der Waals surface area contributed by atoms with Gasteiger partial charge in [-0.3, -0.25) is 0 Å². The van der Waals surface area contributed by atoms with Crippen LogP contribution in [-0.2, 0) is 10.2 Å². The van der Waals surface area contributed by atoms with Crippen LogP contribution < -0.4 is 10.6 Å². The second-order valence-electron chi connectivity index (χ2n) is 6.46. The highest BCUT2D eigenvalue weighted by atomic mass is 16.5. The summed E-state index contributed by atoms with van der Waals surface area (Å²) in [6, 6.07) is 0.365. The molecule has 112 valence electrons. The average Bonchev–Trinajstić information content (AvgIpc) is 2.40. The first-order valence-electron chi connectivity index (χ1n) is 7.33. The van der Waals surface area contributed by atoms with E-state index in [2.05, 4.69) is 37.6 Å². The lowest BCUT2D eigenvalue weighted by Gasteiger charge is -2.37. The first kappa shape index (κ1) is 15.0. The molecule has 1 aliphatic rings. The molecule has 2 rings (SSSR count). The van der Waals surface area contributed by atoms with Crippen LogP contribution in [-0.4, -0.2) is 35.8 Å². The zero-order valence-corrected chi connectivity index (χ0v) is 13.2. The van der Waals surface area contributed by atoms with E-state index in [-0.39, 0.29) is 5.41 Å². The molecule has 1 aromatic rings. The van der Waals surface area contributed by atoms with Crippen molar-refractivity contribution in [1.29, 1.82) is 0 Å². The van der Waals surface area contributed by atoms with Crippen molar-refractivity contribution in [3.63, 3.8) is 0 Å². The third-order valence-electron chi connectivity index (χ3n) is 3.80. The number of rotatable bonds is 2. The standard InChI is InChI=1S/C15H26N4O/c1-6-11-9-20-8-7-19(11)13-10(2)12(16)17-14(18-13)15(3,4)5/h11H,6-9H2,1-5H3,(H2,16,17,18). The smallest absolute Gasteiger partial charge is 0.138 e. The largest absolute Gasteiger partial charge is 0.383 e. The van der Waals surface area contributed by atoms with Crippen LogP contribution >= 0.6 is 0 Å². The summed E-state index contributed by atoms with van der Waals surface area (Å²) in [4.78, 5) is 11.6. The minimum Gasteiger partial charge on any atom is -0.383 e. The number of aromatic nitrogens is 2. The maximum Gasteiger partial charge on any atom is 0.138 e. The van der Waals surface area contributed by atoms with Gasteiger partial charge in [-0.05, 0) is 13.3 Å². The van der Waals surface area contributed by atoms with E-state index in [1.807, 2.05) is 6.92 Å². The Morgan fingerprint density at radius 2 is 2.05 bits per heavy atom. The van der Waals surface area contributed by atoms with Crippen molar-refractivity contribution in [1.82, 2.24) is 9.97 Å². The van der Waals surface area contributed by atoms with Crippen molar-refractivity contribution >= 4 is 11.6 Å². The number of hydrogen-bond donors (Lipinski definition) is 1. The molecule has 2 heterocycles. The Hall–Kier alpha value is -1.36. The number of hydrogen-bond acceptors (Lipinski definition) is 5. The van der Waals surface area contributed by atoms with Crippen LogP contribution in [0.4, 0.5) is 11.6 Å². The first-order valence-corrected chi connectivity index (χ1v) is 7.33. The maximum absolute atomic E-state index is 6.10. The normalized spacial score (nSPS) is 20.2. The van der Waals surface area contributed by atoms with Gasteiger partial charge in [0.15, 0.2) is 0 Å². The van der Waals surface area contributed by atoms with Crippen LogP contribution in [0.2, 0.25) is 0 Å². The van der Waals surface area contributed by atoms with Crippen molar-refractivity contribution in [3.05, 3.63) is 11.4 Å². The molecule has 0 amide bonds. The van der Waals surface area contributed by atoms with E-state index < -0.39 is 0 Å². The van der Waals surface area contributed by atoms with Crippen molar-refractivity contribution in [3.8, 4) is 0 Å². The Kier molecular flexibility index (Phi) is 4.18. The van der Waals surface area contributed by atoms with Gasteiger partial charge in [0.2, 0.25) is 0 Å². The van der Waals surface area contributed by atoms with Gasteiger partial charge in [-0.2, -0.15) is 0 Å². The average molecular weight is 278 g/mol. The zero-order chi connectivity index (χ0) is 14.9. The second-order valence-corrected chi connectivity index (χ2v) is 6.46. The number of nitrogens with zero attached hydrogens (tertiary/aromatic N) is 3. The van der Waals surface area contributed by atoms with Gasteiger partial charge in [0.1, 0.15) is 17.5 Å². The summed E-state index contributed by atoms with van der Waals surface area (Å²) < 4.78 is 5.58. The summed E-state index contributed by atoms with van der Waals surface area (Å²) in [6.07, 6.45) is 1.04. The summed E-state index contributed by atoms with van der Waals surface area (Å²) in [5.41, 5.74) is 6.97. The number of morpholine rings is 1. The van der Waals surface area contributed by atoms with Gasteiger partial charge in [0.25, 0.3) is 0 Å². The highest BCUT2D eigenvalue weighted by Crippen LogP contribution is 2.29. The quantitative estimate of drug-likeness (QED) is 0.899. The van der Waals surface area contributed by atoms with Crippen LogP contribution in [0.25, 0.3) is 0 Å². The fraction of sp³-hybridized carbons (Fsp3) is 0.733. The molecule has 5 nitrogen and oxygen atoms in total. The molecular formula is C15H26N4O. The summed E-state index contributed by atoms with van der Waals surface area (Å²) in [5.74, 6) is 2.36. The fourth-order valence-corrected chi connectivity index (χ4v) is 2.41. The molecule has 1 aromatic heterocycles. The molecule has 1 unspecified atom stereocenters. The van der Waals surface area contributed by atoms with Gasteiger partial charge in [0.05, 0.1) is 19.3 Å². The molecule has 0 saturated carbocycles. The predicted molar refractivity (Wildman–Crippen MR) is 82.1 cm³/mol. The zero-order valence-electron chi connectivity index (χ0n) is 13.2. The lowest BCUT2D eigenvalue weighted by molar-refractivity contribution is 0.0924. The Morgan fingerprint density at radius 1 is 1.35 bits per heavy atom. The summed E-state index contributed by atoms with van der Waals surface area (Å²) in [7, 11) is 0. The SMILES string of the molecule is CCC1COCCN1c1nc(C(C)(C)C)nc(N)c1C. The Labute approximate surface area is 121 Å². The molecule has 20 heavy (non-hydrogen) atoms. The third-order valence-corrected chi connectivity index (χ3v) is 3.80. The third kappa shape index (κ3) is 2.87. The van der Waals surface area contributed by atoms with E-state index in [1.165, 1.54) is 0 Å². The molecular weight excluding hydrogens is 252 g/mol. The van der Waals surface area contributed by atoms with Crippen molar-refractivity contribution in [2.75, 3.05) is 30.4 Å². The lowest BCUT2D eigenvalue weighted by atomic mass is 9.95. The molecule has 0 spiro atoms. The van der Waals surface area contributed by atoms with E-state index in [4.69, 9.17) is 15.5 Å². The Bertz CT molecular complexity index is 481. The number of nitrogen functional groups attached to an aromatic ring is 1. The topological polar surface area (TPSA) is 64.3 Å². The summed E-state index contributed by atoms with van der Waals surface area (Å²) in [5, 5.41) is 0. The fourth-order valence-electron chi connectivity index (χ4n) is 2.41. The van der Waals surface area contributed by atoms with Crippen molar-refractivity contribution < 1.29 is 4.74 Å². The highest BCUT2D eigenvalue weighted by molar-refractivity contribution is 5.57. The number of ether oxygens (including phenoxy) is 1. The number of nitrogens with two attached hydrogens (primary N) is 1. The predicted octanol–water partition coefficient (Wildman–Crippen LogP) is 2.28. The van der Waals surface area contributed by atoms with Crippen LogP contribution in [0.1, 0.15) is 45.5 Å². The molecule has 5 heteroatoms. The monoisotopic (exact) mass is 278 g/mol. The molecule has 0 aromatic carbocycles. The van der Waals surface area contributed by atoms with E-state index in [0.29, 0.717) is 11.9 Å². The summed E-state index contributed by atoms with van der Waals surface area (Å²) >= 11 is 0. The maximum atomic E-state index is 6.10. The van der Waals surface area contributed by atoms with Gasteiger partial charge in [-0.15, -0.1) is 0 Å². The minimum atomic E-state index is -0.107. The molecule has 1 saturated heterocycles. The van der Waals surface area contributed by atoms with Crippen LogP contribution in [0.5, 0.6) is 0 Å². The van der Waals surface area contributed by atoms with Crippen LogP contribution in [0.15, 0.2) is 0 Å². The number of anilines is 2. The van der Waals surface area contributed by atoms with E-state index in [9.17, 15) is 0 Å². The van der Waals surface area contributed by atoms with Gasteiger partial charge in [-0.25, -0.2) is 9.97 Å². The summed E-state index contributed by atoms with van der Waals surface area (Å²) in [6.45, 7) is 12.9. The molecule has 0 radical (unpaired) electrons. The molecule has 1 atom stereocenters. The minimum absolute atomic E-state index is 0.107. The Balaban J connectivity index is 2.46.